The summed E-state index contributed by atoms with van der Waals surface area (Å²) in [7, 11) is 0. The highest BCUT2D eigenvalue weighted by Gasteiger charge is 2.35. The van der Waals surface area contributed by atoms with Gasteiger partial charge in [0.05, 0.1) is 5.56 Å². The van der Waals surface area contributed by atoms with Crippen molar-refractivity contribution in [2.45, 2.75) is 12.6 Å². The molecule has 2 heterocycles. The van der Waals surface area contributed by atoms with Gasteiger partial charge in [0.1, 0.15) is 5.15 Å². The minimum absolute atomic E-state index is 0.0232. The third-order valence-corrected chi connectivity index (χ3v) is 3.15. The highest BCUT2D eigenvalue weighted by Crippen LogP contribution is 2.30. The van der Waals surface area contributed by atoms with Gasteiger partial charge in [0.15, 0.2) is 0 Å². The van der Waals surface area contributed by atoms with Gasteiger partial charge in [-0.3, -0.25) is 4.79 Å². The molecule has 0 aromatic carbocycles. The van der Waals surface area contributed by atoms with Crippen LogP contribution >= 0.6 is 11.6 Å². The summed E-state index contributed by atoms with van der Waals surface area (Å²) in [4.78, 5) is 17.2. The summed E-state index contributed by atoms with van der Waals surface area (Å²) >= 11 is 5.79. The Morgan fingerprint density at radius 3 is 2.68 bits per heavy atom. The first-order valence-corrected chi connectivity index (χ1v) is 5.93. The molecular formula is C12H10ClF3N2O. The normalized spacial score (nSPS) is 16.2. The fraction of sp³-hybridized carbons (Fsp3) is 0.333. The summed E-state index contributed by atoms with van der Waals surface area (Å²) < 4.78 is 37.4. The van der Waals surface area contributed by atoms with Crippen LogP contribution in [0.4, 0.5) is 13.2 Å². The maximum Gasteiger partial charge on any atom is 0.412 e. The van der Waals surface area contributed by atoms with Crippen LogP contribution in [0.1, 0.15) is 16.8 Å². The Bertz CT molecular complexity index is 528. The van der Waals surface area contributed by atoms with Crippen molar-refractivity contribution < 1.29 is 18.0 Å². The molecule has 19 heavy (non-hydrogen) atoms. The summed E-state index contributed by atoms with van der Waals surface area (Å²) in [5.74, 6) is -0.407. The van der Waals surface area contributed by atoms with Crippen molar-refractivity contribution in [2.24, 2.45) is 0 Å². The highest BCUT2D eigenvalue weighted by atomic mass is 35.5. The molecule has 3 nitrogen and oxygen atoms in total. The fourth-order valence-corrected chi connectivity index (χ4v) is 2.03. The zero-order valence-corrected chi connectivity index (χ0v) is 10.5. The molecule has 0 fully saturated rings. The first kappa shape index (κ1) is 13.9. The molecule has 1 aromatic rings. The zero-order valence-electron chi connectivity index (χ0n) is 9.75. The molecule has 0 N–H and O–H groups in total. The number of hydrogen-bond acceptors (Lipinski definition) is 2. The van der Waals surface area contributed by atoms with E-state index in [-0.39, 0.29) is 30.2 Å². The molecule has 0 bridgehead atoms. The van der Waals surface area contributed by atoms with E-state index in [0.29, 0.717) is 0 Å². The highest BCUT2D eigenvalue weighted by molar-refractivity contribution is 6.32. The summed E-state index contributed by atoms with van der Waals surface area (Å²) in [6, 6.07) is 3.06. The monoisotopic (exact) mass is 290 g/mol. The predicted octanol–water partition coefficient (Wildman–Crippen LogP) is 3.07. The number of alkyl halides is 3. The average molecular weight is 291 g/mol. The Kier molecular flexibility index (Phi) is 3.80. The Morgan fingerprint density at radius 2 is 2.16 bits per heavy atom. The van der Waals surface area contributed by atoms with E-state index >= 15 is 0 Å². The summed E-state index contributed by atoms with van der Waals surface area (Å²) in [5, 5.41) is 0.0538. The second kappa shape index (κ2) is 5.21. The average Bonchev–Trinajstić information content (AvgIpc) is 2.38. The van der Waals surface area contributed by atoms with E-state index in [4.69, 9.17) is 11.6 Å². The quantitative estimate of drug-likeness (QED) is 0.588. The molecule has 1 amide bonds. The predicted molar refractivity (Wildman–Crippen MR) is 63.9 cm³/mol. The molecule has 0 unspecified atom stereocenters. The van der Waals surface area contributed by atoms with E-state index in [1.807, 2.05) is 0 Å². The summed E-state index contributed by atoms with van der Waals surface area (Å²) in [5.41, 5.74) is -0.387. The number of hydrogen-bond donors (Lipinski definition) is 0. The van der Waals surface area contributed by atoms with E-state index in [2.05, 4.69) is 4.98 Å². The minimum Gasteiger partial charge on any atom is -0.334 e. The van der Waals surface area contributed by atoms with Crippen molar-refractivity contribution in [3.63, 3.8) is 0 Å². The van der Waals surface area contributed by atoms with Crippen LogP contribution in [-0.2, 0) is 0 Å². The lowest BCUT2D eigenvalue weighted by Gasteiger charge is -2.27. The van der Waals surface area contributed by atoms with E-state index in [9.17, 15) is 18.0 Å². The van der Waals surface area contributed by atoms with Gasteiger partial charge in [0, 0.05) is 24.9 Å². The number of carbonyl (C=O) groups excluding carboxylic acids is 1. The van der Waals surface area contributed by atoms with Gasteiger partial charge in [-0.15, -0.1) is 0 Å². The zero-order chi connectivity index (χ0) is 14.0. The number of carbonyl (C=O) groups is 1. The number of nitrogens with zero attached hydrogens (tertiary/aromatic N) is 2. The van der Waals surface area contributed by atoms with Crippen LogP contribution in [0.2, 0.25) is 5.15 Å². The van der Waals surface area contributed by atoms with E-state index in [1.54, 1.807) is 6.07 Å². The van der Waals surface area contributed by atoms with Crippen LogP contribution in [0.25, 0.3) is 0 Å². The van der Waals surface area contributed by atoms with Crippen LogP contribution < -0.4 is 0 Å². The molecule has 0 aliphatic carbocycles. The van der Waals surface area contributed by atoms with Crippen LogP contribution in [0, 0.1) is 0 Å². The molecule has 1 aliphatic rings. The standard InChI is InChI=1S/C12H10ClF3N2O/c13-10-9(2-1-5-17-10)11(19)18-6-3-8(4-7-18)12(14,15)16/h1-3,5H,4,6-7H2. The smallest absolute Gasteiger partial charge is 0.334 e. The van der Waals surface area contributed by atoms with Crippen molar-refractivity contribution in [1.82, 2.24) is 9.88 Å². The van der Waals surface area contributed by atoms with Gasteiger partial charge in [0.2, 0.25) is 0 Å². The number of aromatic nitrogens is 1. The van der Waals surface area contributed by atoms with Gasteiger partial charge in [-0.05, 0) is 18.6 Å². The number of halogens is 4. The maximum absolute atomic E-state index is 12.5. The lowest BCUT2D eigenvalue weighted by molar-refractivity contribution is -0.0957. The van der Waals surface area contributed by atoms with Crippen molar-refractivity contribution >= 4 is 17.5 Å². The van der Waals surface area contributed by atoms with E-state index < -0.39 is 17.7 Å². The van der Waals surface area contributed by atoms with Gasteiger partial charge in [-0.25, -0.2) is 4.98 Å². The van der Waals surface area contributed by atoms with Crippen molar-refractivity contribution in [2.75, 3.05) is 13.1 Å². The number of pyridine rings is 1. The lowest BCUT2D eigenvalue weighted by atomic mass is 10.1. The largest absolute Gasteiger partial charge is 0.412 e. The molecule has 0 saturated heterocycles. The topological polar surface area (TPSA) is 33.2 Å². The van der Waals surface area contributed by atoms with Crippen LogP contribution in [-0.4, -0.2) is 35.1 Å². The van der Waals surface area contributed by atoms with Crippen LogP contribution in [0.5, 0.6) is 0 Å². The fourth-order valence-electron chi connectivity index (χ4n) is 1.83. The Labute approximate surface area is 112 Å². The Morgan fingerprint density at radius 1 is 1.42 bits per heavy atom. The van der Waals surface area contributed by atoms with Gasteiger partial charge < -0.3 is 4.90 Å². The third kappa shape index (κ3) is 3.07. The van der Waals surface area contributed by atoms with Crippen LogP contribution in [0.3, 0.4) is 0 Å². The minimum atomic E-state index is -4.32. The molecule has 102 valence electrons. The lowest BCUT2D eigenvalue weighted by Crippen LogP contribution is -2.37. The van der Waals surface area contributed by atoms with Gasteiger partial charge in [0.25, 0.3) is 5.91 Å². The maximum atomic E-state index is 12.5. The Hall–Kier alpha value is -1.56. The molecule has 0 saturated carbocycles. The van der Waals surface area contributed by atoms with E-state index in [0.717, 1.165) is 6.08 Å². The second-order valence-corrected chi connectivity index (χ2v) is 4.43. The van der Waals surface area contributed by atoms with Crippen molar-refractivity contribution in [3.05, 3.63) is 40.7 Å². The first-order valence-electron chi connectivity index (χ1n) is 5.55. The summed E-state index contributed by atoms with van der Waals surface area (Å²) in [6.07, 6.45) is -2.04. The summed E-state index contributed by atoms with van der Waals surface area (Å²) in [6.45, 7) is -0.0473. The third-order valence-electron chi connectivity index (χ3n) is 2.85. The van der Waals surface area contributed by atoms with Gasteiger partial charge in [-0.2, -0.15) is 13.2 Å². The van der Waals surface area contributed by atoms with Crippen molar-refractivity contribution in [1.29, 1.82) is 0 Å². The molecule has 0 atom stereocenters. The second-order valence-electron chi connectivity index (χ2n) is 4.07. The number of rotatable bonds is 1. The molecule has 2 rings (SSSR count). The van der Waals surface area contributed by atoms with Crippen LogP contribution in [0.15, 0.2) is 30.0 Å². The molecule has 0 radical (unpaired) electrons. The SMILES string of the molecule is O=C(c1cccnc1Cl)N1CC=C(C(F)(F)F)CC1. The van der Waals surface area contributed by atoms with Gasteiger partial charge in [-0.1, -0.05) is 17.7 Å². The molecular weight excluding hydrogens is 281 g/mol. The molecule has 0 spiro atoms. The van der Waals surface area contributed by atoms with E-state index in [1.165, 1.54) is 17.2 Å². The van der Waals surface area contributed by atoms with Crippen molar-refractivity contribution in [3.8, 4) is 0 Å². The Balaban J connectivity index is 2.13. The first-order chi connectivity index (χ1) is 8.89. The number of amides is 1. The van der Waals surface area contributed by atoms with Gasteiger partial charge >= 0.3 is 6.18 Å². The molecule has 7 heteroatoms. The molecule has 1 aromatic heterocycles. The molecule has 1 aliphatic heterocycles.